The molecule has 2 heterocycles. The van der Waals surface area contributed by atoms with Crippen LogP contribution < -0.4 is 5.32 Å². The van der Waals surface area contributed by atoms with E-state index in [0.29, 0.717) is 16.5 Å². The van der Waals surface area contributed by atoms with Crippen LogP contribution in [-0.2, 0) is 4.79 Å². The van der Waals surface area contributed by atoms with Crippen molar-refractivity contribution < 1.29 is 14.1 Å². The van der Waals surface area contributed by atoms with Gasteiger partial charge in [0.05, 0.1) is 22.7 Å². The third-order valence-corrected chi connectivity index (χ3v) is 7.78. The zero-order valence-electron chi connectivity index (χ0n) is 22.6. The van der Waals surface area contributed by atoms with Crippen molar-refractivity contribution in [2.45, 2.75) is 51.2 Å². The van der Waals surface area contributed by atoms with Crippen LogP contribution in [-0.4, -0.2) is 70.6 Å². The molecule has 1 fully saturated rings. The highest BCUT2D eigenvalue weighted by Gasteiger charge is 2.26. The van der Waals surface area contributed by atoms with Crippen molar-refractivity contribution >= 4 is 40.1 Å². The number of nitro groups is 1. The lowest BCUT2D eigenvalue weighted by molar-refractivity contribution is -0.385. The van der Waals surface area contributed by atoms with Crippen LogP contribution in [0.4, 0.5) is 11.4 Å². The number of hydrogen-bond donors (Lipinski definition) is 1. The van der Waals surface area contributed by atoms with E-state index < -0.39 is 0 Å². The van der Waals surface area contributed by atoms with Crippen LogP contribution in [0.2, 0.25) is 0 Å². The Bertz CT molecular complexity index is 1230. The van der Waals surface area contributed by atoms with Crippen molar-refractivity contribution in [3.63, 3.8) is 0 Å². The summed E-state index contributed by atoms with van der Waals surface area (Å²) in [5.41, 5.74) is 3.89. The van der Waals surface area contributed by atoms with Gasteiger partial charge in [-0.15, -0.1) is 0 Å². The van der Waals surface area contributed by atoms with Gasteiger partial charge in [0.2, 0.25) is 5.91 Å². The number of oxazole rings is 1. The number of benzene rings is 2. The average molecular weight is 540 g/mol. The summed E-state index contributed by atoms with van der Waals surface area (Å²) in [6.45, 7) is 12.6. The normalized spacial score (nSPS) is 15.0. The maximum absolute atomic E-state index is 13.0. The molecule has 204 valence electrons. The molecule has 1 aliphatic rings. The third kappa shape index (κ3) is 6.92. The standard InChI is InChI=1S/C28H37N5O4S/c1-19(2)21-10-11-23(33(35)36)26(20(3)4)27(21)30-25(34)18-32-15-13-31(14-16-32)12-7-17-38-28-29-22-8-5-6-9-24(22)37-28/h5-6,8-11,19-20H,7,12-18H2,1-4H3,(H,30,34). The van der Waals surface area contributed by atoms with Crippen LogP contribution in [0.5, 0.6) is 0 Å². The molecule has 0 atom stereocenters. The summed E-state index contributed by atoms with van der Waals surface area (Å²) in [6.07, 6.45) is 1.03. The van der Waals surface area contributed by atoms with Crippen LogP contribution in [0.15, 0.2) is 46.0 Å². The molecule has 38 heavy (non-hydrogen) atoms. The average Bonchev–Trinajstić information content (AvgIpc) is 3.29. The summed E-state index contributed by atoms with van der Waals surface area (Å²) in [5.74, 6) is 0.855. The zero-order chi connectivity index (χ0) is 27.2. The number of anilines is 1. The lowest BCUT2D eigenvalue weighted by Gasteiger charge is -2.34. The molecule has 1 N–H and O–H groups in total. The summed E-state index contributed by atoms with van der Waals surface area (Å²) in [6, 6.07) is 11.1. The SMILES string of the molecule is CC(C)c1ccc([N+](=O)[O-])c(C(C)C)c1NC(=O)CN1CCN(CCCSc2nc3ccccc3o2)CC1. The number of nitrogens with zero attached hydrogens (tertiary/aromatic N) is 4. The number of thioether (sulfide) groups is 1. The van der Waals surface area contributed by atoms with Gasteiger partial charge < -0.3 is 14.6 Å². The number of hydrogen-bond acceptors (Lipinski definition) is 8. The number of nitro benzene ring substituents is 1. The minimum absolute atomic E-state index is 0.0579. The van der Waals surface area contributed by atoms with E-state index in [-0.39, 0.29) is 34.9 Å². The highest BCUT2D eigenvalue weighted by Crippen LogP contribution is 2.38. The minimum Gasteiger partial charge on any atom is -0.431 e. The Balaban J connectivity index is 1.25. The van der Waals surface area contributed by atoms with Gasteiger partial charge >= 0.3 is 0 Å². The molecule has 1 saturated heterocycles. The molecule has 0 saturated carbocycles. The van der Waals surface area contributed by atoms with Gasteiger partial charge in [0, 0.05) is 38.0 Å². The number of nitrogens with one attached hydrogen (secondary N) is 1. The topological polar surface area (TPSA) is 105 Å². The van der Waals surface area contributed by atoms with Gasteiger partial charge in [-0.1, -0.05) is 51.6 Å². The summed E-state index contributed by atoms with van der Waals surface area (Å²) in [4.78, 5) is 33.4. The monoisotopic (exact) mass is 539 g/mol. The molecule has 0 aliphatic carbocycles. The lowest BCUT2D eigenvalue weighted by Crippen LogP contribution is -2.48. The fraction of sp³-hybridized carbons (Fsp3) is 0.500. The van der Waals surface area contributed by atoms with Gasteiger partial charge in [-0.2, -0.15) is 0 Å². The van der Waals surface area contributed by atoms with Crippen LogP contribution in [0.3, 0.4) is 0 Å². The van der Waals surface area contributed by atoms with Gasteiger partial charge in [-0.3, -0.25) is 19.8 Å². The molecular weight excluding hydrogens is 502 g/mol. The number of para-hydroxylation sites is 2. The summed E-state index contributed by atoms with van der Waals surface area (Å²) >= 11 is 1.64. The van der Waals surface area contributed by atoms with E-state index in [0.717, 1.165) is 61.6 Å². The van der Waals surface area contributed by atoms with Crippen molar-refractivity contribution in [3.8, 4) is 0 Å². The van der Waals surface area contributed by atoms with Gasteiger partial charge in [0.25, 0.3) is 10.9 Å². The van der Waals surface area contributed by atoms with E-state index in [4.69, 9.17) is 4.42 Å². The predicted molar refractivity (Wildman–Crippen MR) is 152 cm³/mol. The van der Waals surface area contributed by atoms with Gasteiger partial charge in [0.1, 0.15) is 5.52 Å². The fourth-order valence-electron chi connectivity index (χ4n) is 4.90. The van der Waals surface area contributed by atoms with E-state index in [1.807, 2.05) is 52.0 Å². The van der Waals surface area contributed by atoms with Crippen LogP contribution >= 0.6 is 11.8 Å². The third-order valence-electron chi connectivity index (χ3n) is 6.87. The van der Waals surface area contributed by atoms with Crippen molar-refractivity contribution in [2.75, 3.05) is 50.3 Å². The Morgan fingerprint density at radius 3 is 2.45 bits per heavy atom. The van der Waals surface area contributed by atoms with E-state index in [1.54, 1.807) is 23.9 Å². The Labute approximate surface area is 228 Å². The lowest BCUT2D eigenvalue weighted by atomic mass is 9.91. The molecule has 4 rings (SSSR count). The van der Waals surface area contributed by atoms with Crippen molar-refractivity contribution in [2.24, 2.45) is 0 Å². The number of fused-ring (bicyclic) bond motifs is 1. The highest BCUT2D eigenvalue weighted by molar-refractivity contribution is 7.99. The van der Waals surface area contributed by atoms with E-state index in [9.17, 15) is 14.9 Å². The fourth-order valence-corrected chi connectivity index (χ4v) is 5.66. The number of amides is 1. The minimum atomic E-state index is -0.361. The van der Waals surface area contributed by atoms with Crippen LogP contribution in [0.1, 0.15) is 57.1 Å². The molecule has 1 amide bonds. The molecule has 10 heteroatoms. The molecule has 1 aliphatic heterocycles. The molecule has 0 bridgehead atoms. The van der Waals surface area contributed by atoms with E-state index >= 15 is 0 Å². The Kier molecular flexibility index (Phi) is 9.40. The second-order valence-electron chi connectivity index (χ2n) is 10.3. The van der Waals surface area contributed by atoms with Crippen LogP contribution in [0, 0.1) is 10.1 Å². The van der Waals surface area contributed by atoms with Gasteiger partial charge in [0.15, 0.2) is 5.58 Å². The Morgan fingerprint density at radius 1 is 1.08 bits per heavy atom. The maximum Gasteiger partial charge on any atom is 0.274 e. The first-order valence-electron chi connectivity index (χ1n) is 13.3. The maximum atomic E-state index is 13.0. The molecule has 0 radical (unpaired) electrons. The summed E-state index contributed by atoms with van der Waals surface area (Å²) in [5, 5.41) is 15.4. The summed E-state index contributed by atoms with van der Waals surface area (Å²) < 4.78 is 5.77. The van der Waals surface area contributed by atoms with Crippen LogP contribution in [0.25, 0.3) is 11.1 Å². The molecule has 2 aromatic carbocycles. The first-order chi connectivity index (χ1) is 18.2. The van der Waals surface area contributed by atoms with Gasteiger partial charge in [-0.25, -0.2) is 4.98 Å². The second-order valence-corrected chi connectivity index (χ2v) is 11.4. The number of piperazine rings is 1. The van der Waals surface area contributed by atoms with Crippen molar-refractivity contribution in [1.82, 2.24) is 14.8 Å². The van der Waals surface area contributed by atoms with Gasteiger partial charge in [-0.05, 0) is 48.6 Å². The number of aromatic nitrogens is 1. The molecule has 0 spiro atoms. The highest BCUT2D eigenvalue weighted by atomic mass is 32.2. The quantitative estimate of drug-likeness (QED) is 0.143. The second kappa shape index (κ2) is 12.7. The molecule has 0 unspecified atom stereocenters. The smallest absolute Gasteiger partial charge is 0.274 e. The number of rotatable bonds is 11. The molecule has 3 aromatic rings. The van der Waals surface area contributed by atoms with E-state index in [1.165, 1.54) is 0 Å². The number of carbonyl (C=O) groups excluding carboxylic acids is 1. The number of carbonyl (C=O) groups is 1. The van der Waals surface area contributed by atoms with E-state index in [2.05, 4.69) is 20.1 Å². The first-order valence-corrected chi connectivity index (χ1v) is 14.3. The molecule has 9 nitrogen and oxygen atoms in total. The zero-order valence-corrected chi connectivity index (χ0v) is 23.4. The predicted octanol–water partition coefficient (Wildman–Crippen LogP) is 5.72. The summed E-state index contributed by atoms with van der Waals surface area (Å²) in [7, 11) is 0. The Hall–Kier alpha value is -2.95. The molecule has 1 aromatic heterocycles. The first kappa shape index (κ1) is 28.1. The molecular formula is C28H37N5O4S. The van der Waals surface area contributed by atoms with Crippen molar-refractivity contribution in [3.05, 3.63) is 57.6 Å². The Morgan fingerprint density at radius 2 is 1.79 bits per heavy atom. The largest absolute Gasteiger partial charge is 0.431 e. The van der Waals surface area contributed by atoms with Crippen molar-refractivity contribution in [1.29, 1.82) is 0 Å².